The maximum Gasteiger partial charge on any atom is 0.258 e. The molecule has 2 aromatic heterocycles. The Morgan fingerprint density at radius 2 is 1.69 bits per heavy atom. The van der Waals surface area contributed by atoms with Crippen LogP contribution < -0.4 is 4.90 Å². The van der Waals surface area contributed by atoms with Gasteiger partial charge in [0.05, 0.1) is 18.4 Å². The minimum Gasteiger partial charge on any atom is -0.302 e. The first-order chi connectivity index (χ1) is 12.7. The number of anilines is 1. The zero-order valence-electron chi connectivity index (χ0n) is 14.5. The average molecular weight is 341 g/mol. The van der Waals surface area contributed by atoms with Crippen LogP contribution in [0.4, 0.5) is 5.69 Å². The summed E-state index contributed by atoms with van der Waals surface area (Å²) in [6.45, 7) is 2.41. The summed E-state index contributed by atoms with van der Waals surface area (Å²) >= 11 is 0. The van der Waals surface area contributed by atoms with Crippen molar-refractivity contribution in [2.45, 2.75) is 13.5 Å². The number of hydrogen-bond donors (Lipinski definition) is 0. The van der Waals surface area contributed by atoms with Gasteiger partial charge in [0, 0.05) is 17.4 Å². The average Bonchev–Trinajstić information content (AvgIpc) is 3.10. The van der Waals surface area contributed by atoms with Gasteiger partial charge in [-0.05, 0) is 42.8 Å². The van der Waals surface area contributed by atoms with Crippen molar-refractivity contribution in [3.05, 3.63) is 102 Å². The topological polar surface area (TPSA) is 37.6 Å². The van der Waals surface area contributed by atoms with E-state index in [0.29, 0.717) is 12.1 Å². The standard InChI is InChI=1S/C22H19N3O/c1-17-9-5-6-12-20(17)22(26)25(18-10-3-2-4-11-18)16-19-15-23-21-13-7-8-14-24(19)21/h2-15H,16H2,1H3. The van der Waals surface area contributed by atoms with Gasteiger partial charge in [0.2, 0.25) is 0 Å². The molecule has 0 unspecified atom stereocenters. The molecule has 0 spiro atoms. The number of rotatable bonds is 4. The third kappa shape index (κ3) is 2.97. The van der Waals surface area contributed by atoms with Crippen molar-refractivity contribution in [1.82, 2.24) is 9.38 Å². The van der Waals surface area contributed by atoms with Gasteiger partial charge < -0.3 is 9.30 Å². The Bertz CT molecular complexity index is 1050. The fourth-order valence-electron chi connectivity index (χ4n) is 3.11. The molecule has 4 nitrogen and oxygen atoms in total. The molecule has 2 heterocycles. The van der Waals surface area contributed by atoms with E-state index in [9.17, 15) is 4.79 Å². The first-order valence-electron chi connectivity index (χ1n) is 8.57. The van der Waals surface area contributed by atoms with Crippen LogP contribution >= 0.6 is 0 Å². The van der Waals surface area contributed by atoms with E-state index in [4.69, 9.17) is 0 Å². The molecule has 0 fully saturated rings. The highest BCUT2D eigenvalue weighted by atomic mass is 16.2. The zero-order valence-corrected chi connectivity index (χ0v) is 14.5. The second-order valence-corrected chi connectivity index (χ2v) is 6.22. The van der Waals surface area contributed by atoms with Crippen LogP contribution in [0.3, 0.4) is 0 Å². The van der Waals surface area contributed by atoms with Crippen LogP contribution in [0.25, 0.3) is 5.65 Å². The molecule has 1 amide bonds. The van der Waals surface area contributed by atoms with Crippen LogP contribution in [0, 0.1) is 6.92 Å². The zero-order chi connectivity index (χ0) is 17.9. The van der Waals surface area contributed by atoms with Gasteiger partial charge in [-0.25, -0.2) is 4.98 Å². The highest BCUT2D eigenvalue weighted by Gasteiger charge is 2.20. The maximum atomic E-state index is 13.3. The lowest BCUT2D eigenvalue weighted by molar-refractivity contribution is 0.0984. The minimum atomic E-state index is -0.0137. The van der Waals surface area contributed by atoms with Crippen LogP contribution in [0.15, 0.2) is 85.2 Å². The summed E-state index contributed by atoms with van der Waals surface area (Å²) in [7, 11) is 0. The van der Waals surface area contributed by atoms with Crippen molar-refractivity contribution in [2.24, 2.45) is 0 Å². The summed E-state index contributed by atoms with van der Waals surface area (Å²) < 4.78 is 2.01. The van der Waals surface area contributed by atoms with Crippen molar-refractivity contribution in [3.63, 3.8) is 0 Å². The summed E-state index contributed by atoms with van der Waals surface area (Å²) in [4.78, 5) is 19.6. The number of carbonyl (C=O) groups is 1. The second kappa shape index (κ2) is 6.84. The van der Waals surface area contributed by atoms with Gasteiger partial charge in [0.15, 0.2) is 0 Å². The van der Waals surface area contributed by atoms with Crippen LogP contribution in [0.1, 0.15) is 21.6 Å². The van der Waals surface area contributed by atoms with Gasteiger partial charge in [-0.15, -0.1) is 0 Å². The Labute approximate surface area is 152 Å². The lowest BCUT2D eigenvalue weighted by Gasteiger charge is -2.23. The third-order valence-electron chi connectivity index (χ3n) is 4.50. The number of aryl methyl sites for hydroxylation is 1. The number of benzene rings is 2. The second-order valence-electron chi connectivity index (χ2n) is 6.22. The smallest absolute Gasteiger partial charge is 0.258 e. The summed E-state index contributed by atoms with van der Waals surface area (Å²) in [6.07, 6.45) is 3.80. The number of para-hydroxylation sites is 1. The largest absolute Gasteiger partial charge is 0.302 e. The Morgan fingerprint density at radius 3 is 2.50 bits per heavy atom. The minimum absolute atomic E-state index is 0.0137. The molecular weight excluding hydrogens is 322 g/mol. The van der Waals surface area contributed by atoms with E-state index in [-0.39, 0.29) is 5.91 Å². The molecule has 0 N–H and O–H groups in total. The molecule has 0 atom stereocenters. The van der Waals surface area contributed by atoms with E-state index in [0.717, 1.165) is 22.6 Å². The summed E-state index contributed by atoms with van der Waals surface area (Å²) in [5.41, 5.74) is 4.39. The predicted molar refractivity (Wildman–Crippen MR) is 103 cm³/mol. The number of carbonyl (C=O) groups excluding carboxylic acids is 1. The molecule has 0 aliphatic rings. The normalized spacial score (nSPS) is 10.8. The van der Waals surface area contributed by atoms with Crippen molar-refractivity contribution < 1.29 is 4.79 Å². The SMILES string of the molecule is Cc1ccccc1C(=O)N(Cc1cnc2ccccn12)c1ccccc1. The van der Waals surface area contributed by atoms with E-state index < -0.39 is 0 Å². The fraction of sp³-hybridized carbons (Fsp3) is 0.0909. The van der Waals surface area contributed by atoms with Crippen molar-refractivity contribution in [2.75, 3.05) is 4.90 Å². The molecule has 0 radical (unpaired) electrons. The van der Waals surface area contributed by atoms with Gasteiger partial charge in [-0.3, -0.25) is 4.79 Å². The van der Waals surface area contributed by atoms with Gasteiger partial charge >= 0.3 is 0 Å². The number of nitrogens with zero attached hydrogens (tertiary/aromatic N) is 3. The van der Waals surface area contributed by atoms with E-state index in [2.05, 4.69) is 4.98 Å². The maximum absolute atomic E-state index is 13.3. The summed E-state index contributed by atoms with van der Waals surface area (Å²) in [5.74, 6) is -0.0137. The van der Waals surface area contributed by atoms with Crippen LogP contribution in [-0.4, -0.2) is 15.3 Å². The van der Waals surface area contributed by atoms with Crippen molar-refractivity contribution in [1.29, 1.82) is 0 Å². The molecule has 0 aliphatic carbocycles. The lowest BCUT2D eigenvalue weighted by atomic mass is 10.1. The van der Waals surface area contributed by atoms with E-state index in [1.54, 1.807) is 4.90 Å². The summed E-state index contributed by atoms with van der Waals surface area (Å²) in [5, 5.41) is 0. The number of hydrogen-bond acceptors (Lipinski definition) is 2. The summed E-state index contributed by atoms with van der Waals surface area (Å²) in [6, 6.07) is 23.3. The number of amides is 1. The first kappa shape index (κ1) is 16.1. The number of aromatic nitrogens is 2. The molecule has 0 bridgehead atoms. The highest BCUT2D eigenvalue weighted by Crippen LogP contribution is 2.22. The number of fused-ring (bicyclic) bond motifs is 1. The Morgan fingerprint density at radius 1 is 0.962 bits per heavy atom. The molecular formula is C22H19N3O. The molecule has 0 aliphatic heterocycles. The molecule has 128 valence electrons. The van der Waals surface area contributed by atoms with Crippen LogP contribution in [-0.2, 0) is 6.54 Å². The molecule has 26 heavy (non-hydrogen) atoms. The monoisotopic (exact) mass is 341 g/mol. The fourth-order valence-corrected chi connectivity index (χ4v) is 3.11. The highest BCUT2D eigenvalue weighted by molar-refractivity contribution is 6.06. The number of pyridine rings is 1. The van der Waals surface area contributed by atoms with Gasteiger partial charge in [-0.1, -0.05) is 42.5 Å². The Hall–Kier alpha value is -3.40. The Balaban J connectivity index is 1.77. The molecule has 0 saturated heterocycles. The van der Waals surface area contributed by atoms with Crippen LogP contribution in [0.2, 0.25) is 0 Å². The lowest BCUT2D eigenvalue weighted by Crippen LogP contribution is -2.31. The Kier molecular flexibility index (Phi) is 4.23. The number of imidazole rings is 1. The predicted octanol–water partition coefficient (Wildman–Crippen LogP) is 4.49. The molecule has 4 aromatic rings. The van der Waals surface area contributed by atoms with Crippen molar-refractivity contribution in [3.8, 4) is 0 Å². The van der Waals surface area contributed by atoms with E-state index >= 15 is 0 Å². The van der Waals surface area contributed by atoms with Gasteiger partial charge in [0.25, 0.3) is 5.91 Å². The van der Waals surface area contributed by atoms with E-state index in [1.807, 2.05) is 96.5 Å². The molecule has 2 aromatic carbocycles. The quantitative estimate of drug-likeness (QED) is 0.548. The van der Waals surface area contributed by atoms with E-state index in [1.165, 1.54) is 0 Å². The van der Waals surface area contributed by atoms with Gasteiger partial charge in [0.1, 0.15) is 5.65 Å². The van der Waals surface area contributed by atoms with Gasteiger partial charge in [-0.2, -0.15) is 0 Å². The molecule has 4 heteroatoms. The third-order valence-corrected chi connectivity index (χ3v) is 4.50. The van der Waals surface area contributed by atoms with Crippen molar-refractivity contribution >= 4 is 17.2 Å². The molecule has 4 rings (SSSR count). The first-order valence-corrected chi connectivity index (χ1v) is 8.57. The molecule has 0 saturated carbocycles. The van der Waals surface area contributed by atoms with Crippen LogP contribution in [0.5, 0.6) is 0 Å².